The van der Waals surface area contributed by atoms with Crippen molar-refractivity contribution in [3.63, 3.8) is 0 Å². The second kappa shape index (κ2) is 9.39. The third kappa shape index (κ3) is 5.44. The smallest absolute Gasteiger partial charge is 0.324 e. The molecule has 25 heavy (non-hydrogen) atoms. The first-order chi connectivity index (χ1) is 12.0. The van der Waals surface area contributed by atoms with E-state index in [1.165, 1.54) is 0 Å². The summed E-state index contributed by atoms with van der Waals surface area (Å²) in [5.41, 5.74) is 1.99. The lowest BCUT2D eigenvalue weighted by atomic mass is 10.1. The molecule has 0 amide bonds. The molecule has 0 bridgehead atoms. The van der Waals surface area contributed by atoms with E-state index in [0.29, 0.717) is 18.9 Å². The number of rotatable bonds is 10. The third-order valence-electron chi connectivity index (χ3n) is 3.88. The van der Waals surface area contributed by atoms with Gasteiger partial charge in [-0.3, -0.25) is 10.1 Å². The number of hydrogen-bond acceptors (Lipinski definition) is 6. The van der Waals surface area contributed by atoms with Crippen molar-refractivity contribution in [3.8, 4) is 11.5 Å². The minimum atomic E-state index is -0.361. The van der Waals surface area contributed by atoms with E-state index in [9.17, 15) is 10.1 Å². The molecule has 7 heteroatoms. The SMILES string of the molecule is CCCCOc1ccc(C(C)NCc2csc([N+](=O)[O-])c2)cc1OC. The molecule has 0 aliphatic heterocycles. The lowest BCUT2D eigenvalue weighted by molar-refractivity contribution is -0.380. The first-order valence-corrected chi connectivity index (χ1v) is 9.19. The van der Waals surface area contributed by atoms with Crippen LogP contribution in [0.2, 0.25) is 0 Å². The van der Waals surface area contributed by atoms with Crippen LogP contribution in [0.3, 0.4) is 0 Å². The molecule has 0 aliphatic carbocycles. The van der Waals surface area contributed by atoms with Crippen LogP contribution < -0.4 is 14.8 Å². The number of hydrogen-bond donors (Lipinski definition) is 1. The fraction of sp³-hybridized carbons (Fsp3) is 0.444. The van der Waals surface area contributed by atoms with Gasteiger partial charge in [0.15, 0.2) is 11.5 Å². The van der Waals surface area contributed by atoms with Gasteiger partial charge in [0.2, 0.25) is 0 Å². The van der Waals surface area contributed by atoms with Gasteiger partial charge in [0.25, 0.3) is 0 Å². The number of thiophene rings is 1. The fourth-order valence-electron chi connectivity index (χ4n) is 2.34. The van der Waals surface area contributed by atoms with Crippen molar-refractivity contribution in [1.82, 2.24) is 5.32 Å². The van der Waals surface area contributed by atoms with Crippen LogP contribution in [0.4, 0.5) is 5.00 Å². The van der Waals surface area contributed by atoms with Gasteiger partial charge in [-0.1, -0.05) is 30.7 Å². The van der Waals surface area contributed by atoms with E-state index in [1.54, 1.807) is 13.2 Å². The minimum absolute atomic E-state index is 0.0811. The number of benzene rings is 1. The van der Waals surface area contributed by atoms with Gasteiger partial charge in [-0.15, -0.1) is 0 Å². The Bertz CT molecular complexity index is 702. The molecule has 1 aromatic heterocycles. The van der Waals surface area contributed by atoms with Gasteiger partial charge in [0, 0.05) is 24.0 Å². The Labute approximate surface area is 151 Å². The molecule has 6 nitrogen and oxygen atoms in total. The van der Waals surface area contributed by atoms with Crippen molar-refractivity contribution in [2.24, 2.45) is 0 Å². The van der Waals surface area contributed by atoms with Crippen LogP contribution in [0.15, 0.2) is 29.6 Å². The second-order valence-electron chi connectivity index (χ2n) is 5.77. The number of nitrogens with zero attached hydrogens (tertiary/aromatic N) is 1. The number of methoxy groups -OCH3 is 1. The van der Waals surface area contributed by atoms with Crippen molar-refractivity contribution in [3.05, 3.63) is 50.9 Å². The summed E-state index contributed by atoms with van der Waals surface area (Å²) in [6.07, 6.45) is 2.09. The Morgan fingerprint density at radius 2 is 2.12 bits per heavy atom. The van der Waals surface area contributed by atoms with Crippen LogP contribution in [0.1, 0.15) is 43.9 Å². The van der Waals surface area contributed by atoms with Crippen LogP contribution in [0, 0.1) is 10.1 Å². The first-order valence-electron chi connectivity index (χ1n) is 8.31. The Balaban J connectivity index is 1.98. The van der Waals surface area contributed by atoms with Crippen LogP contribution in [-0.2, 0) is 6.54 Å². The fourth-order valence-corrected chi connectivity index (χ4v) is 3.07. The van der Waals surface area contributed by atoms with Crippen molar-refractivity contribution >= 4 is 16.3 Å². The van der Waals surface area contributed by atoms with Gasteiger partial charge in [0.05, 0.1) is 18.6 Å². The molecule has 1 atom stereocenters. The molecule has 0 spiro atoms. The Kier molecular flexibility index (Phi) is 7.21. The summed E-state index contributed by atoms with van der Waals surface area (Å²) < 4.78 is 11.2. The predicted octanol–water partition coefficient (Wildman–Crippen LogP) is 4.69. The molecule has 1 N–H and O–H groups in total. The van der Waals surface area contributed by atoms with E-state index in [1.807, 2.05) is 30.5 Å². The zero-order valence-electron chi connectivity index (χ0n) is 14.8. The molecule has 0 fully saturated rings. The highest BCUT2D eigenvalue weighted by Gasteiger charge is 2.13. The number of nitro groups is 1. The second-order valence-corrected chi connectivity index (χ2v) is 6.65. The maximum absolute atomic E-state index is 10.7. The van der Waals surface area contributed by atoms with E-state index < -0.39 is 0 Å². The predicted molar refractivity (Wildman–Crippen MR) is 99.6 cm³/mol. The van der Waals surface area contributed by atoms with E-state index in [4.69, 9.17) is 9.47 Å². The highest BCUT2D eigenvalue weighted by Crippen LogP contribution is 2.31. The molecule has 0 saturated carbocycles. The molecule has 0 aliphatic rings. The van der Waals surface area contributed by atoms with Crippen molar-refractivity contribution in [2.75, 3.05) is 13.7 Å². The summed E-state index contributed by atoms with van der Waals surface area (Å²) >= 11 is 1.15. The van der Waals surface area contributed by atoms with E-state index in [0.717, 1.165) is 41.1 Å². The minimum Gasteiger partial charge on any atom is -0.493 e. The summed E-state index contributed by atoms with van der Waals surface area (Å²) in [5.74, 6) is 1.47. The van der Waals surface area contributed by atoms with Gasteiger partial charge in [-0.05, 0) is 36.6 Å². The average molecular weight is 364 g/mol. The molecule has 0 saturated heterocycles. The zero-order chi connectivity index (χ0) is 18.2. The molecule has 2 rings (SSSR count). The van der Waals surface area contributed by atoms with Gasteiger partial charge >= 0.3 is 5.00 Å². The number of nitrogens with one attached hydrogen (secondary N) is 1. The van der Waals surface area contributed by atoms with Gasteiger partial charge in [-0.25, -0.2) is 0 Å². The maximum atomic E-state index is 10.7. The van der Waals surface area contributed by atoms with Gasteiger partial charge < -0.3 is 14.8 Å². The molecule has 136 valence electrons. The van der Waals surface area contributed by atoms with Crippen LogP contribution in [-0.4, -0.2) is 18.6 Å². The lowest BCUT2D eigenvalue weighted by Gasteiger charge is -2.17. The molecule has 0 radical (unpaired) electrons. The van der Waals surface area contributed by atoms with Crippen LogP contribution in [0.25, 0.3) is 0 Å². The molecular formula is C18H24N2O4S. The standard InChI is InChI=1S/C18H24N2O4S/c1-4-5-8-24-16-7-6-15(10-17(16)23-3)13(2)19-11-14-9-18(20(21)22)25-12-14/h6-7,9-10,12-13,19H,4-5,8,11H2,1-3H3. The summed E-state index contributed by atoms with van der Waals surface area (Å²) in [6, 6.07) is 7.59. The zero-order valence-corrected chi connectivity index (χ0v) is 15.6. The van der Waals surface area contributed by atoms with Gasteiger partial charge in [0.1, 0.15) is 0 Å². The molecule has 1 heterocycles. The number of unbranched alkanes of at least 4 members (excludes halogenated alkanes) is 1. The Morgan fingerprint density at radius 1 is 1.32 bits per heavy atom. The molecule has 1 aromatic carbocycles. The summed E-state index contributed by atoms with van der Waals surface area (Å²) in [4.78, 5) is 10.4. The summed E-state index contributed by atoms with van der Waals surface area (Å²) in [6.45, 7) is 5.42. The van der Waals surface area contributed by atoms with Crippen LogP contribution >= 0.6 is 11.3 Å². The average Bonchev–Trinajstić information content (AvgIpc) is 3.09. The normalized spacial score (nSPS) is 12.0. The lowest BCUT2D eigenvalue weighted by Crippen LogP contribution is -2.17. The first kappa shape index (κ1) is 19.2. The van der Waals surface area contributed by atoms with Gasteiger partial charge in [-0.2, -0.15) is 0 Å². The van der Waals surface area contributed by atoms with Crippen LogP contribution in [0.5, 0.6) is 11.5 Å². The third-order valence-corrected chi connectivity index (χ3v) is 4.80. The Morgan fingerprint density at radius 3 is 2.76 bits per heavy atom. The number of ether oxygens (including phenoxy) is 2. The largest absolute Gasteiger partial charge is 0.493 e. The van der Waals surface area contributed by atoms with E-state index >= 15 is 0 Å². The van der Waals surface area contributed by atoms with Crippen molar-refractivity contribution in [1.29, 1.82) is 0 Å². The molecular weight excluding hydrogens is 340 g/mol. The highest BCUT2D eigenvalue weighted by molar-refractivity contribution is 7.13. The summed E-state index contributed by atoms with van der Waals surface area (Å²) in [5, 5.41) is 16.1. The van der Waals surface area contributed by atoms with Crippen molar-refractivity contribution in [2.45, 2.75) is 39.3 Å². The monoisotopic (exact) mass is 364 g/mol. The van der Waals surface area contributed by atoms with Crippen molar-refractivity contribution < 1.29 is 14.4 Å². The highest BCUT2D eigenvalue weighted by atomic mass is 32.1. The van der Waals surface area contributed by atoms with E-state index in [2.05, 4.69) is 12.2 Å². The quantitative estimate of drug-likeness (QED) is 0.376. The topological polar surface area (TPSA) is 73.6 Å². The molecule has 2 aromatic rings. The Hall–Kier alpha value is -2.12. The molecule has 1 unspecified atom stereocenters. The van der Waals surface area contributed by atoms with E-state index in [-0.39, 0.29) is 16.0 Å². The maximum Gasteiger partial charge on any atom is 0.324 e. The summed E-state index contributed by atoms with van der Waals surface area (Å²) in [7, 11) is 1.63.